The highest BCUT2D eigenvalue weighted by Crippen LogP contribution is 2.37. The Labute approximate surface area is 241 Å². The molecule has 1 heterocycles. The summed E-state index contributed by atoms with van der Waals surface area (Å²) in [5.41, 5.74) is 4.16. The highest BCUT2D eigenvalue weighted by atomic mass is 16.6. The number of anilines is 1. The maximum atomic E-state index is 13.3. The second-order valence-corrected chi connectivity index (χ2v) is 10.9. The van der Waals surface area contributed by atoms with Gasteiger partial charge in [-0.05, 0) is 75.1 Å². The summed E-state index contributed by atoms with van der Waals surface area (Å²) < 4.78 is 10.7. The topological polar surface area (TPSA) is 97.3 Å². The number of esters is 1. The summed E-state index contributed by atoms with van der Waals surface area (Å²) in [6.07, 6.45) is 0.471. The number of nitrogens with one attached hydrogen (secondary N) is 1. The van der Waals surface area contributed by atoms with Crippen LogP contribution in [-0.4, -0.2) is 47.3 Å². The van der Waals surface area contributed by atoms with E-state index in [9.17, 15) is 14.4 Å². The molecular weight excluding hydrogens is 518 g/mol. The van der Waals surface area contributed by atoms with Crippen molar-refractivity contribution in [2.45, 2.75) is 59.1 Å². The average Bonchev–Trinajstić information content (AvgIpc) is 3.26. The molecule has 4 rings (SSSR count). The van der Waals surface area contributed by atoms with Gasteiger partial charge in [-0.15, -0.1) is 0 Å². The summed E-state index contributed by atoms with van der Waals surface area (Å²) in [7, 11) is 0. The average molecular weight is 556 g/mol. The third-order valence-electron chi connectivity index (χ3n) is 6.44. The van der Waals surface area contributed by atoms with Crippen molar-refractivity contribution in [3.63, 3.8) is 0 Å². The van der Waals surface area contributed by atoms with E-state index >= 15 is 0 Å². The number of carbonyl (C=O) groups excluding carboxylic acids is 3. The molecule has 0 fully saturated rings. The van der Waals surface area contributed by atoms with Gasteiger partial charge in [0.1, 0.15) is 11.5 Å². The smallest absolute Gasteiger partial charge is 0.410 e. The Morgan fingerprint density at radius 3 is 2.29 bits per heavy atom. The Kier molecular flexibility index (Phi) is 9.22. The van der Waals surface area contributed by atoms with E-state index in [0.717, 1.165) is 23.1 Å². The molecule has 1 unspecified atom stereocenters. The number of hydrogen-bond acceptors (Lipinski definition) is 6. The standard InChI is InChI=1S/C33H37N3O5/c1-6-19-36(32(39)41-33(3,4)5)21-22-13-16-25(17-14-22)34-29(23-11-9-8-10-12-23)28-26-18-15-24(31(38)40-7-2)20-27(26)35-30(28)37/h8-18,20,28H,6-7,19,21H2,1-5H3,(H,35,37). The predicted octanol–water partition coefficient (Wildman–Crippen LogP) is 6.87. The van der Waals surface area contributed by atoms with E-state index in [4.69, 9.17) is 14.5 Å². The van der Waals surface area contributed by atoms with Crippen LogP contribution in [0.15, 0.2) is 77.8 Å². The number of benzene rings is 3. The lowest BCUT2D eigenvalue weighted by atomic mass is 9.90. The fraction of sp³-hybridized carbons (Fsp3) is 0.333. The largest absolute Gasteiger partial charge is 0.462 e. The molecule has 0 saturated carbocycles. The molecule has 8 heteroatoms. The van der Waals surface area contributed by atoms with Gasteiger partial charge in [0.05, 0.1) is 23.6 Å². The van der Waals surface area contributed by atoms with Crippen LogP contribution in [-0.2, 0) is 20.8 Å². The number of hydrogen-bond donors (Lipinski definition) is 1. The Bertz CT molecular complexity index is 1430. The van der Waals surface area contributed by atoms with E-state index in [1.165, 1.54) is 0 Å². The number of nitrogens with zero attached hydrogens (tertiary/aromatic N) is 2. The van der Waals surface area contributed by atoms with Crippen LogP contribution >= 0.6 is 0 Å². The summed E-state index contributed by atoms with van der Waals surface area (Å²) in [6, 6.07) is 22.3. The third kappa shape index (κ3) is 7.39. The van der Waals surface area contributed by atoms with Crippen LogP contribution in [0.2, 0.25) is 0 Å². The van der Waals surface area contributed by atoms with Crippen LogP contribution in [0.25, 0.3) is 0 Å². The number of carbonyl (C=O) groups is 3. The van der Waals surface area contributed by atoms with Crippen molar-refractivity contribution in [1.29, 1.82) is 0 Å². The number of ether oxygens (including phenoxy) is 2. The minimum absolute atomic E-state index is 0.215. The lowest BCUT2D eigenvalue weighted by Crippen LogP contribution is -2.36. The molecule has 0 radical (unpaired) electrons. The van der Waals surface area contributed by atoms with Gasteiger partial charge in [0.2, 0.25) is 5.91 Å². The van der Waals surface area contributed by atoms with Crippen molar-refractivity contribution in [2.75, 3.05) is 18.5 Å². The third-order valence-corrected chi connectivity index (χ3v) is 6.44. The van der Waals surface area contributed by atoms with E-state index < -0.39 is 17.5 Å². The summed E-state index contributed by atoms with van der Waals surface area (Å²) >= 11 is 0. The molecule has 1 N–H and O–H groups in total. The molecule has 3 aromatic rings. The molecule has 214 valence electrons. The van der Waals surface area contributed by atoms with Crippen molar-refractivity contribution in [1.82, 2.24) is 4.90 Å². The first-order chi connectivity index (χ1) is 19.6. The summed E-state index contributed by atoms with van der Waals surface area (Å²) in [5.74, 6) is -1.31. The number of rotatable bonds is 9. The van der Waals surface area contributed by atoms with E-state index in [2.05, 4.69) is 5.32 Å². The Balaban J connectivity index is 1.64. The molecule has 0 spiro atoms. The summed E-state index contributed by atoms with van der Waals surface area (Å²) in [6.45, 7) is 10.6. The van der Waals surface area contributed by atoms with Gasteiger partial charge >= 0.3 is 12.1 Å². The van der Waals surface area contributed by atoms with Gasteiger partial charge in [0.15, 0.2) is 0 Å². The molecule has 8 nitrogen and oxygen atoms in total. The molecule has 3 aromatic carbocycles. The molecule has 41 heavy (non-hydrogen) atoms. The van der Waals surface area contributed by atoms with Gasteiger partial charge in [-0.25, -0.2) is 9.59 Å². The van der Waals surface area contributed by atoms with Crippen LogP contribution in [0.5, 0.6) is 0 Å². The lowest BCUT2D eigenvalue weighted by molar-refractivity contribution is -0.115. The molecule has 1 aliphatic rings. The molecule has 0 saturated heterocycles. The first kappa shape index (κ1) is 29.5. The van der Waals surface area contributed by atoms with Crippen molar-refractivity contribution >= 4 is 35.1 Å². The number of amides is 2. The van der Waals surface area contributed by atoms with Gasteiger partial charge in [0, 0.05) is 18.8 Å². The van der Waals surface area contributed by atoms with Crippen molar-refractivity contribution in [3.8, 4) is 0 Å². The summed E-state index contributed by atoms with van der Waals surface area (Å²) in [4.78, 5) is 44.9. The Hall–Kier alpha value is -4.46. The molecule has 0 aromatic heterocycles. The predicted molar refractivity (Wildman–Crippen MR) is 160 cm³/mol. The Morgan fingerprint density at radius 1 is 0.951 bits per heavy atom. The number of aliphatic imine (C=N–C) groups is 1. The molecule has 1 atom stereocenters. The first-order valence-electron chi connectivity index (χ1n) is 13.9. The van der Waals surface area contributed by atoms with Crippen LogP contribution in [0.4, 0.5) is 16.2 Å². The maximum Gasteiger partial charge on any atom is 0.410 e. The SMILES string of the molecule is CCCN(Cc1ccc(N=C(c2ccccc2)C2C(=O)Nc3cc(C(=O)OCC)ccc32)cc1)C(=O)OC(C)(C)C. The fourth-order valence-electron chi connectivity index (χ4n) is 4.65. The maximum absolute atomic E-state index is 13.3. The van der Waals surface area contributed by atoms with Crippen LogP contribution in [0, 0.1) is 0 Å². The normalized spacial score (nSPS) is 14.7. The zero-order valence-electron chi connectivity index (χ0n) is 24.3. The van der Waals surface area contributed by atoms with Crippen molar-refractivity contribution < 1.29 is 23.9 Å². The molecule has 1 aliphatic heterocycles. The highest BCUT2D eigenvalue weighted by Gasteiger charge is 2.36. The van der Waals surface area contributed by atoms with Gasteiger partial charge < -0.3 is 19.7 Å². The van der Waals surface area contributed by atoms with Crippen molar-refractivity contribution in [2.24, 2.45) is 4.99 Å². The molecule has 0 bridgehead atoms. The minimum Gasteiger partial charge on any atom is -0.462 e. The van der Waals surface area contributed by atoms with Gasteiger partial charge in [-0.1, -0.05) is 55.5 Å². The van der Waals surface area contributed by atoms with E-state index in [1.807, 2.05) is 82.3 Å². The quantitative estimate of drug-likeness (QED) is 0.230. The lowest BCUT2D eigenvalue weighted by Gasteiger charge is -2.27. The molecule has 0 aliphatic carbocycles. The first-order valence-corrected chi connectivity index (χ1v) is 13.9. The second-order valence-electron chi connectivity index (χ2n) is 10.9. The molecular formula is C33H37N3O5. The molecule has 2 amide bonds. The van der Waals surface area contributed by atoms with Crippen LogP contribution < -0.4 is 5.32 Å². The van der Waals surface area contributed by atoms with E-state index in [1.54, 1.807) is 30.0 Å². The zero-order valence-corrected chi connectivity index (χ0v) is 24.3. The van der Waals surface area contributed by atoms with Crippen LogP contribution in [0.3, 0.4) is 0 Å². The van der Waals surface area contributed by atoms with Crippen LogP contribution in [0.1, 0.15) is 74.0 Å². The highest BCUT2D eigenvalue weighted by molar-refractivity contribution is 6.24. The minimum atomic E-state index is -0.657. The van der Waals surface area contributed by atoms with Gasteiger partial charge in [0.25, 0.3) is 0 Å². The second kappa shape index (κ2) is 12.8. The van der Waals surface area contributed by atoms with Crippen molar-refractivity contribution in [3.05, 3.63) is 95.1 Å². The zero-order chi connectivity index (χ0) is 29.6. The van der Waals surface area contributed by atoms with E-state index in [-0.39, 0.29) is 18.6 Å². The van der Waals surface area contributed by atoms with Gasteiger partial charge in [-0.2, -0.15) is 0 Å². The van der Waals surface area contributed by atoms with E-state index in [0.29, 0.717) is 35.7 Å². The number of fused-ring (bicyclic) bond motifs is 1. The summed E-state index contributed by atoms with van der Waals surface area (Å²) in [5, 5.41) is 2.91. The fourth-order valence-corrected chi connectivity index (χ4v) is 4.65. The van der Waals surface area contributed by atoms with Gasteiger partial charge in [-0.3, -0.25) is 9.79 Å². The monoisotopic (exact) mass is 555 g/mol. The Morgan fingerprint density at radius 2 is 1.66 bits per heavy atom.